The first-order valence-corrected chi connectivity index (χ1v) is 11.4. The zero-order chi connectivity index (χ0) is 19.1. The molecule has 0 aromatic carbocycles. The van der Waals surface area contributed by atoms with E-state index in [0.29, 0.717) is 12.0 Å². The smallest absolute Gasteiger partial charge is 0.254 e. The summed E-state index contributed by atoms with van der Waals surface area (Å²) in [5.41, 5.74) is 0.860. The Bertz CT molecular complexity index is 558. The number of nitrogens with zero attached hydrogens (tertiary/aromatic N) is 3. The highest BCUT2D eigenvalue weighted by atomic mass is 32.1. The largest absolute Gasteiger partial charge is 0.383 e. The molecule has 1 aromatic heterocycles. The molecule has 0 N–H and O–H groups in total. The predicted octanol–water partition coefficient (Wildman–Crippen LogP) is 3.03. The van der Waals surface area contributed by atoms with Crippen LogP contribution < -0.4 is 0 Å². The van der Waals surface area contributed by atoms with Gasteiger partial charge < -0.3 is 14.5 Å². The molecule has 2 fully saturated rings. The molecule has 27 heavy (non-hydrogen) atoms. The van der Waals surface area contributed by atoms with Gasteiger partial charge in [-0.15, -0.1) is 0 Å². The van der Waals surface area contributed by atoms with Gasteiger partial charge in [0.25, 0.3) is 5.91 Å². The molecule has 0 aliphatic carbocycles. The van der Waals surface area contributed by atoms with E-state index in [1.54, 1.807) is 18.4 Å². The maximum absolute atomic E-state index is 13.2. The summed E-state index contributed by atoms with van der Waals surface area (Å²) in [4.78, 5) is 20.3. The lowest BCUT2D eigenvalue weighted by atomic mass is 9.95. The second kappa shape index (κ2) is 10.6. The van der Waals surface area contributed by atoms with Gasteiger partial charge in [-0.25, -0.2) is 0 Å². The number of piperidine rings is 1. The van der Waals surface area contributed by atoms with Crippen molar-refractivity contribution in [2.24, 2.45) is 5.92 Å². The van der Waals surface area contributed by atoms with E-state index in [9.17, 15) is 4.79 Å². The van der Waals surface area contributed by atoms with Crippen LogP contribution in [0.1, 0.15) is 43.0 Å². The molecule has 152 valence electrons. The number of carbonyl (C=O) groups is 1. The minimum absolute atomic E-state index is 0.223. The lowest BCUT2D eigenvalue weighted by molar-refractivity contribution is 0.0617. The number of likely N-dealkylation sites (N-methyl/N-ethyl adjacent to an activating group) is 1. The average Bonchev–Trinajstić information content (AvgIpc) is 3.38. The lowest BCUT2D eigenvalue weighted by Crippen LogP contribution is -2.46. The predicted molar refractivity (Wildman–Crippen MR) is 112 cm³/mol. The molecule has 2 saturated heterocycles. The molecule has 2 aliphatic heterocycles. The number of likely N-dealkylation sites (tertiary alicyclic amines) is 2. The van der Waals surface area contributed by atoms with E-state index in [1.807, 2.05) is 16.8 Å². The van der Waals surface area contributed by atoms with Crippen molar-refractivity contribution in [3.8, 4) is 0 Å². The minimum Gasteiger partial charge on any atom is -0.383 e. The monoisotopic (exact) mass is 393 g/mol. The Balaban J connectivity index is 1.59. The maximum atomic E-state index is 13.2. The molecular weight excluding hydrogens is 358 g/mol. The summed E-state index contributed by atoms with van der Waals surface area (Å²) >= 11 is 1.61. The molecule has 1 atom stereocenters. The van der Waals surface area contributed by atoms with Crippen LogP contribution >= 0.6 is 11.3 Å². The lowest BCUT2D eigenvalue weighted by Gasteiger charge is -2.36. The van der Waals surface area contributed by atoms with Crippen molar-refractivity contribution in [2.45, 2.75) is 38.6 Å². The summed E-state index contributed by atoms with van der Waals surface area (Å²) in [5.74, 6) is 0.837. The van der Waals surface area contributed by atoms with Gasteiger partial charge in [0, 0.05) is 38.2 Å². The zero-order valence-electron chi connectivity index (χ0n) is 16.9. The van der Waals surface area contributed by atoms with E-state index in [0.717, 1.165) is 51.4 Å². The first-order valence-electron chi connectivity index (χ1n) is 10.5. The SMILES string of the molecule is CCN1CCC[C@@H]1CN(CC1CCN(CCOC)CC1)C(=O)c1ccsc1. The van der Waals surface area contributed by atoms with E-state index >= 15 is 0 Å². The van der Waals surface area contributed by atoms with Gasteiger partial charge in [0.15, 0.2) is 0 Å². The fourth-order valence-electron chi connectivity index (χ4n) is 4.51. The summed E-state index contributed by atoms with van der Waals surface area (Å²) in [5, 5.41) is 4.00. The van der Waals surface area contributed by atoms with Crippen LogP contribution in [0.25, 0.3) is 0 Å². The molecule has 1 aromatic rings. The summed E-state index contributed by atoms with van der Waals surface area (Å²) < 4.78 is 5.21. The van der Waals surface area contributed by atoms with Crippen LogP contribution in [-0.2, 0) is 4.74 Å². The second-order valence-electron chi connectivity index (χ2n) is 7.92. The molecule has 0 bridgehead atoms. The van der Waals surface area contributed by atoms with E-state index in [1.165, 1.54) is 32.2 Å². The first-order chi connectivity index (χ1) is 13.2. The molecule has 5 nitrogen and oxygen atoms in total. The second-order valence-corrected chi connectivity index (χ2v) is 8.70. The highest BCUT2D eigenvalue weighted by molar-refractivity contribution is 7.08. The van der Waals surface area contributed by atoms with Crippen molar-refractivity contribution in [3.63, 3.8) is 0 Å². The average molecular weight is 394 g/mol. The molecule has 3 rings (SSSR count). The number of hydrogen-bond acceptors (Lipinski definition) is 5. The van der Waals surface area contributed by atoms with Crippen molar-refractivity contribution >= 4 is 17.2 Å². The van der Waals surface area contributed by atoms with Crippen LogP contribution in [0, 0.1) is 5.92 Å². The number of thiophene rings is 1. The van der Waals surface area contributed by atoms with Crippen LogP contribution in [0.15, 0.2) is 16.8 Å². The van der Waals surface area contributed by atoms with Gasteiger partial charge in [0.05, 0.1) is 12.2 Å². The molecule has 0 radical (unpaired) electrons. The standard InChI is InChI=1S/C21H35N3O2S/c1-3-23-9-4-5-20(23)16-24(21(25)19-8-14-27-17-19)15-18-6-10-22(11-7-18)12-13-26-2/h8,14,17-18,20H,3-7,9-13,15-16H2,1-2H3/t20-/m1/s1. The van der Waals surface area contributed by atoms with Gasteiger partial charge in [0.2, 0.25) is 0 Å². The van der Waals surface area contributed by atoms with Gasteiger partial charge in [-0.3, -0.25) is 9.69 Å². The molecule has 3 heterocycles. The Morgan fingerprint density at radius 3 is 2.74 bits per heavy atom. The van der Waals surface area contributed by atoms with Crippen LogP contribution in [0.3, 0.4) is 0 Å². The highest BCUT2D eigenvalue weighted by Crippen LogP contribution is 2.23. The fourth-order valence-corrected chi connectivity index (χ4v) is 5.14. The van der Waals surface area contributed by atoms with E-state index in [-0.39, 0.29) is 5.91 Å². The van der Waals surface area contributed by atoms with Crippen LogP contribution in [-0.4, -0.2) is 86.2 Å². The van der Waals surface area contributed by atoms with E-state index < -0.39 is 0 Å². The minimum atomic E-state index is 0.223. The van der Waals surface area contributed by atoms with E-state index in [4.69, 9.17) is 4.74 Å². The number of hydrogen-bond donors (Lipinski definition) is 0. The summed E-state index contributed by atoms with van der Waals surface area (Å²) in [7, 11) is 1.77. The van der Waals surface area contributed by atoms with Gasteiger partial charge in [-0.1, -0.05) is 6.92 Å². The Labute approximate surface area is 168 Å². The van der Waals surface area contributed by atoms with Crippen LogP contribution in [0.2, 0.25) is 0 Å². The zero-order valence-corrected chi connectivity index (χ0v) is 17.8. The Morgan fingerprint density at radius 1 is 1.26 bits per heavy atom. The third kappa shape index (κ3) is 5.76. The van der Waals surface area contributed by atoms with Gasteiger partial charge in [-0.2, -0.15) is 11.3 Å². The number of carbonyl (C=O) groups excluding carboxylic acids is 1. The van der Waals surface area contributed by atoms with Crippen molar-refractivity contribution in [1.29, 1.82) is 0 Å². The van der Waals surface area contributed by atoms with Crippen molar-refractivity contribution in [1.82, 2.24) is 14.7 Å². The van der Waals surface area contributed by atoms with Crippen LogP contribution in [0.4, 0.5) is 0 Å². The maximum Gasteiger partial charge on any atom is 0.254 e. The summed E-state index contributed by atoms with van der Waals surface area (Å²) in [6, 6.07) is 2.50. The topological polar surface area (TPSA) is 36.0 Å². The quantitative estimate of drug-likeness (QED) is 0.646. The first kappa shape index (κ1) is 20.8. The van der Waals surface area contributed by atoms with Crippen molar-refractivity contribution < 1.29 is 9.53 Å². The normalized spacial score (nSPS) is 22.4. The van der Waals surface area contributed by atoms with Crippen molar-refractivity contribution in [3.05, 3.63) is 22.4 Å². The molecule has 1 amide bonds. The van der Waals surface area contributed by atoms with Gasteiger partial charge in [0.1, 0.15) is 0 Å². The highest BCUT2D eigenvalue weighted by Gasteiger charge is 2.30. The van der Waals surface area contributed by atoms with Crippen molar-refractivity contribution in [2.75, 3.05) is 59.5 Å². The number of rotatable bonds is 9. The summed E-state index contributed by atoms with van der Waals surface area (Å²) in [6.07, 6.45) is 4.84. The summed E-state index contributed by atoms with van der Waals surface area (Å²) in [6.45, 7) is 10.4. The number of ether oxygens (including phenoxy) is 1. The Kier molecular flexibility index (Phi) is 8.12. The molecule has 2 aliphatic rings. The van der Waals surface area contributed by atoms with Gasteiger partial charge in [-0.05, 0) is 69.2 Å². The van der Waals surface area contributed by atoms with E-state index in [2.05, 4.69) is 21.6 Å². The molecule has 0 saturated carbocycles. The van der Waals surface area contributed by atoms with Crippen LogP contribution in [0.5, 0.6) is 0 Å². The Hall–Kier alpha value is -0.950. The molecule has 0 spiro atoms. The molecule has 6 heteroatoms. The molecular formula is C21H35N3O2S. The number of methoxy groups -OCH3 is 1. The third-order valence-electron chi connectivity index (χ3n) is 6.19. The molecule has 0 unspecified atom stereocenters. The Morgan fingerprint density at radius 2 is 2.07 bits per heavy atom. The third-order valence-corrected chi connectivity index (χ3v) is 6.87. The number of amides is 1. The fraction of sp³-hybridized carbons (Fsp3) is 0.762. The van der Waals surface area contributed by atoms with Gasteiger partial charge >= 0.3 is 0 Å².